The summed E-state index contributed by atoms with van der Waals surface area (Å²) in [4.78, 5) is 1.97. The van der Waals surface area contributed by atoms with Crippen LogP contribution in [0.2, 0.25) is 5.02 Å². The lowest BCUT2D eigenvalue weighted by atomic mass is 10.1. The standard InChI is InChI=1S/C13H18BrClN2O2S2/c1-21(18,19)13-8-20-5-4-17(13)12(7-16)10-6-9(14)2-3-11(10)15/h2-3,6,12-13H,4-5,7-8,16H2,1H3. The van der Waals surface area contributed by atoms with Gasteiger partial charge in [0, 0.05) is 46.4 Å². The van der Waals surface area contributed by atoms with Crippen molar-refractivity contribution in [3.05, 3.63) is 33.3 Å². The fourth-order valence-electron chi connectivity index (χ4n) is 2.53. The lowest BCUT2D eigenvalue weighted by molar-refractivity contribution is 0.198. The van der Waals surface area contributed by atoms with E-state index in [9.17, 15) is 8.42 Å². The summed E-state index contributed by atoms with van der Waals surface area (Å²) in [5, 5.41) is 0.0963. The summed E-state index contributed by atoms with van der Waals surface area (Å²) >= 11 is 11.4. The Morgan fingerprint density at radius 3 is 2.90 bits per heavy atom. The van der Waals surface area contributed by atoms with Crippen LogP contribution in [0.5, 0.6) is 0 Å². The highest BCUT2D eigenvalue weighted by Gasteiger charge is 2.36. The van der Waals surface area contributed by atoms with Crippen molar-refractivity contribution >= 4 is 49.1 Å². The second kappa shape index (κ2) is 7.19. The molecule has 0 bridgehead atoms. The fourth-order valence-corrected chi connectivity index (χ4v) is 6.07. The maximum Gasteiger partial charge on any atom is 0.164 e. The number of benzene rings is 1. The molecule has 2 atom stereocenters. The maximum absolute atomic E-state index is 12.1. The van der Waals surface area contributed by atoms with E-state index in [4.69, 9.17) is 17.3 Å². The predicted molar refractivity (Wildman–Crippen MR) is 93.6 cm³/mol. The first-order chi connectivity index (χ1) is 9.84. The summed E-state index contributed by atoms with van der Waals surface area (Å²) in [6, 6.07) is 5.38. The summed E-state index contributed by atoms with van der Waals surface area (Å²) in [6.45, 7) is 1.01. The Kier molecular flexibility index (Phi) is 6.01. The van der Waals surface area contributed by atoms with Gasteiger partial charge in [0.2, 0.25) is 0 Å². The summed E-state index contributed by atoms with van der Waals surface area (Å²) in [5.41, 5.74) is 6.81. The van der Waals surface area contributed by atoms with Crippen molar-refractivity contribution < 1.29 is 8.42 Å². The van der Waals surface area contributed by atoms with Gasteiger partial charge in [0.15, 0.2) is 9.84 Å². The van der Waals surface area contributed by atoms with Gasteiger partial charge in [-0.05, 0) is 23.8 Å². The second-order valence-corrected chi connectivity index (χ2v) is 9.69. The molecule has 1 aromatic rings. The van der Waals surface area contributed by atoms with Gasteiger partial charge < -0.3 is 5.73 Å². The van der Waals surface area contributed by atoms with Crippen molar-refractivity contribution in [3.8, 4) is 0 Å². The first-order valence-electron chi connectivity index (χ1n) is 6.52. The van der Waals surface area contributed by atoms with Crippen LogP contribution in [0.4, 0.5) is 0 Å². The quantitative estimate of drug-likeness (QED) is 0.822. The van der Waals surface area contributed by atoms with Gasteiger partial charge in [0.05, 0.1) is 0 Å². The SMILES string of the molecule is CS(=O)(=O)C1CSCCN1C(CN)c1cc(Br)ccc1Cl. The molecule has 0 saturated carbocycles. The first kappa shape index (κ1) is 17.6. The second-order valence-electron chi connectivity index (χ2n) is 5.01. The van der Waals surface area contributed by atoms with E-state index < -0.39 is 15.2 Å². The maximum atomic E-state index is 12.1. The summed E-state index contributed by atoms with van der Waals surface area (Å²) in [7, 11) is -3.17. The lowest BCUT2D eigenvalue weighted by Crippen LogP contribution is -2.50. The van der Waals surface area contributed by atoms with Gasteiger partial charge in [-0.25, -0.2) is 8.42 Å². The molecule has 2 unspecified atom stereocenters. The topological polar surface area (TPSA) is 63.4 Å². The van der Waals surface area contributed by atoms with E-state index in [2.05, 4.69) is 15.9 Å². The van der Waals surface area contributed by atoms with E-state index in [0.717, 1.165) is 15.8 Å². The van der Waals surface area contributed by atoms with E-state index in [1.165, 1.54) is 6.26 Å². The third kappa shape index (κ3) is 4.14. The first-order valence-corrected chi connectivity index (χ1v) is 10.8. The molecule has 1 fully saturated rings. The van der Waals surface area contributed by atoms with Gasteiger partial charge in [-0.15, -0.1) is 0 Å². The highest BCUT2D eigenvalue weighted by atomic mass is 79.9. The minimum Gasteiger partial charge on any atom is -0.329 e. The number of nitrogens with two attached hydrogens (primary N) is 1. The molecule has 0 spiro atoms. The Labute approximate surface area is 143 Å². The van der Waals surface area contributed by atoms with E-state index >= 15 is 0 Å². The number of hydrogen-bond donors (Lipinski definition) is 1. The highest BCUT2D eigenvalue weighted by molar-refractivity contribution is 9.10. The minimum atomic E-state index is -3.17. The lowest BCUT2D eigenvalue weighted by Gasteiger charge is -2.39. The van der Waals surface area contributed by atoms with Crippen molar-refractivity contribution in [2.75, 3.05) is 30.9 Å². The number of sulfone groups is 1. The molecule has 1 saturated heterocycles. The Morgan fingerprint density at radius 2 is 2.29 bits per heavy atom. The van der Waals surface area contributed by atoms with Crippen LogP contribution >= 0.6 is 39.3 Å². The molecule has 1 aliphatic rings. The molecule has 4 nitrogen and oxygen atoms in total. The molecule has 0 aromatic heterocycles. The van der Waals surface area contributed by atoms with Crippen LogP contribution in [0.25, 0.3) is 0 Å². The molecule has 2 rings (SSSR count). The number of halogens is 2. The van der Waals surface area contributed by atoms with Gasteiger partial charge in [0.1, 0.15) is 5.37 Å². The van der Waals surface area contributed by atoms with E-state index in [0.29, 0.717) is 23.9 Å². The molecule has 1 aliphatic heterocycles. The van der Waals surface area contributed by atoms with Gasteiger partial charge in [-0.3, -0.25) is 4.90 Å². The zero-order valence-corrected chi connectivity index (χ0v) is 15.6. The van der Waals surface area contributed by atoms with Crippen LogP contribution < -0.4 is 5.73 Å². The Morgan fingerprint density at radius 1 is 1.57 bits per heavy atom. The third-order valence-electron chi connectivity index (χ3n) is 3.56. The van der Waals surface area contributed by atoms with Crippen molar-refractivity contribution in [2.45, 2.75) is 11.4 Å². The average molecular weight is 414 g/mol. The number of nitrogens with zero attached hydrogens (tertiary/aromatic N) is 1. The largest absolute Gasteiger partial charge is 0.329 e. The Hall–Kier alpha value is 0.210. The smallest absolute Gasteiger partial charge is 0.164 e. The summed E-state index contributed by atoms with van der Waals surface area (Å²) < 4.78 is 25.0. The van der Waals surface area contributed by atoms with Crippen LogP contribution in [-0.2, 0) is 9.84 Å². The highest BCUT2D eigenvalue weighted by Crippen LogP contribution is 2.34. The molecule has 118 valence electrons. The molecule has 8 heteroatoms. The van der Waals surface area contributed by atoms with Crippen molar-refractivity contribution in [2.24, 2.45) is 5.73 Å². The van der Waals surface area contributed by atoms with Crippen molar-refractivity contribution in [1.29, 1.82) is 0 Å². The van der Waals surface area contributed by atoms with Gasteiger partial charge >= 0.3 is 0 Å². The zero-order valence-electron chi connectivity index (χ0n) is 11.6. The van der Waals surface area contributed by atoms with Crippen LogP contribution in [0.3, 0.4) is 0 Å². The van der Waals surface area contributed by atoms with Crippen molar-refractivity contribution in [1.82, 2.24) is 4.90 Å². The molecule has 21 heavy (non-hydrogen) atoms. The fraction of sp³-hybridized carbons (Fsp3) is 0.538. The number of rotatable bonds is 4. The summed E-state index contributed by atoms with van der Waals surface area (Å²) in [6.07, 6.45) is 1.28. The van der Waals surface area contributed by atoms with E-state index in [-0.39, 0.29) is 6.04 Å². The minimum absolute atomic E-state index is 0.198. The van der Waals surface area contributed by atoms with Crippen LogP contribution in [-0.4, -0.2) is 49.5 Å². The van der Waals surface area contributed by atoms with Crippen molar-refractivity contribution in [3.63, 3.8) is 0 Å². The van der Waals surface area contributed by atoms with E-state index in [1.807, 2.05) is 17.0 Å². The molecular formula is C13H18BrClN2O2S2. The predicted octanol–water partition coefficient (Wildman–Crippen LogP) is 2.52. The van der Waals surface area contributed by atoms with Crippen LogP contribution in [0, 0.1) is 0 Å². The van der Waals surface area contributed by atoms with E-state index in [1.54, 1.807) is 17.8 Å². The van der Waals surface area contributed by atoms with Gasteiger partial charge in [-0.2, -0.15) is 11.8 Å². The van der Waals surface area contributed by atoms with Gasteiger partial charge in [-0.1, -0.05) is 27.5 Å². The molecule has 1 aromatic carbocycles. The molecule has 0 radical (unpaired) electrons. The van der Waals surface area contributed by atoms with Crippen LogP contribution in [0.15, 0.2) is 22.7 Å². The normalized spacial score (nSPS) is 22.2. The molecule has 1 heterocycles. The number of hydrogen-bond acceptors (Lipinski definition) is 5. The number of thioether (sulfide) groups is 1. The summed E-state index contributed by atoms with van der Waals surface area (Å²) in [5.74, 6) is 1.47. The monoisotopic (exact) mass is 412 g/mol. The molecular weight excluding hydrogens is 396 g/mol. The molecule has 0 amide bonds. The Balaban J connectivity index is 2.41. The van der Waals surface area contributed by atoms with Crippen LogP contribution in [0.1, 0.15) is 11.6 Å². The average Bonchev–Trinajstić information content (AvgIpc) is 2.43. The third-order valence-corrected chi connectivity index (χ3v) is 7.06. The Bertz CT molecular complexity index is 612. The molecule has 2 N–H and O–H groups in total. The zero-order chi connectivity index (χ0) is 15.6. The van der Waals surface area contributed by atoms with Gasteiger partial charge in [0.25, 0.3) is 0 Å². The molecule has 0 aliphatic carbocycles.